The van der Waals surface area contributed by atoms with E-state index >= 15 is 0 Å². The highest BCUT2D eigenvalue weighted by Gasteiger charge is 2.52. The average Bonchev–Trinajstić information content (AvgIpc) is 3.20. The minimum atomic E-state index is -0.500. The molecule has 0 N–H and O–H groups in total. The molecule has 0 aromatic rings. The molecule has 0 spiro atoms. The third-order valence-corrected chi connectivity index (χ3v) is 9.03. The van der Waals surface area contributed by atoms with Gasteiger partial charge in [-0.3, -0.25) is 9.59 Å². The van der Waals surface area contributed by atoms with Crippen LogP contribution < -0.4 is 0 Å². The SMILES string of the molecule is CC(C)(C)OC(=O)CC(OC(=O)CC12CC3CC(CC(C3)C1)C2)C1CC2CCC1C2. The molecule has 6 saturated carbocycles. The van der Waals surface area contributed by atoms with Gasteiger partial charge in [-0.05, 0) is 119 Å². The molecule has 4 nitrogen and oxygen atoms in total. The summed E-state index contributed by atoms with van der Waals surface area (Å²) in [6.45, 7) is 5.70. The van der Waals surface area contributed by atoms with Crippen molar-refractivity contribution in [1.82, 2.24) is 0 Å². The summed E-state index contributed by atoms with van der Waals surface area (Å²) >= 11 is 0. The van der Waals surface area contributed by atoms with E-state index in [2.05, 4.69) is 0 Å². The van der Waals surface area contributed by atoms with Gasteiger partial charge in [-0.2, -0.15) is 0 Å². The molecule has 0 aliphatic heterocycles. The number of esters is 2. The van der Waals surface area contributed by atoms with Crippen molar-refractivity contribution < 1.29 is 19.1 Å². The molecule has 6 fully saturated rings. The van der Waals surface area contributed by atoms with Gasteiger partial charge in [0.1, 0.15) is 11.7 Å². The largest absolute Gasteiger partial charge is 0.461 e. The molecule has 4 heteroatoms. The highest BCUT2D eigenvalue weighted by molar-refractivity contribution is 5.73. The van der Waals surface area contributed by atoms with Crippen molar-refractivity contribution in [3.8, 4) is 0 Å². The van der Waals surface area contributed by atoms with Gasteiger partial charge < -0.3 is 9.47 Å². The summed E-state index contributed by atoms with van der Waals surface area (Å²) in [5, 5.41) is 0. The number of carbonyl (C=O) groups is 2. The van der Waals surface area contributed by atoms with Gasteiger partial charge in [0.25, 0.3) is 0 Å². The Morgan fingerprint density at radius 2 is 1.50 bits per heavy atom. The fraction of sp³-hybridized carbons (Fsp3) is 0.923. The van der Waals surface area contributed by atoms with Gasteiger partial charge in [0.2, 0.25) is 0 Å². The zero-order valence-corrected chi connectivity index (χ0v) is 19.2. The minimum Gasteiger partial charge on any atom is -0.461 e. The Morgan fingerprint density at radius 1 is 0.867 bits per heavy atom. The normalized spacial score (nSPS) is 42.4. The highest BCUT2D eigenvalue weighted by atomic mass is 16.6. The first-order chi connectivity index (χ1) is 14.2. The van der Waals surface area contributed by atoms with Crippen LogP contribution in [-0.2, 0) is 19.1 Å². The van der Waals surface area contributed by atoms with E-state index in [0.717, 1.165) is 30.1 Å². The smallest absolute Gasteiger partial charge is 0.310 e. The van der Waals surface area contributed by atoms with E-state index in [9.17, 15) is 9.59 Å². The summed E-state index contributed by atoms with van der Waals surface area (Å²) in [6.07, 6.45) is 13.2. The second kappa shape index (κ2) is 7.52. The molecule has 0 heterocycles. The molecule has 0 saturated heterocycles. The van der Waals surface area contributed by atoms with Crippen molar-refractivity contribution in [3.05, 3.63) is 0 Å². The van der Waals surface area contributed by atoms with E-state index in [0.29, 0.717) is 18.3 Å². The van der Waals surface area contributed by atoms with E-state index < -0.39 is 5.60 Å². The minimum absolute atomic E-state index is 0.0479. The molecule has 6 bridgehead atoms. The van der Waals surface area contributed by atoms with Crippen LogP contribution in [0.3, 0.4) is 0 Å². The van der Waals surface area contributed by atoms with Crippen molar-refractivity contribution >= 4 is 11.9 Å². The zero-order chi connectivity index (χ0) is 21.1. The van der Waals surface area contributed by atoms with Gasteiger partial charge in [-0.1, -0.05) is 6.42 Å². The molecule has 6 aliphatic rings. The topological polar surface area (TPSA) is 52.6 Å². The van der Waals surface area contributed by atoms with E-state index in [1.165, 1.54) is 57.8 Å². The van der Waals surface area contributed by atoms with Crippen molar-refractivity contribution in [2.45, 2.75) is 110 Å². The standard InChI is InChI=1S/C26H40O4/c1-25(2,3)30-23(27)11-22(21-10-16-4-5-20(21)9-16)29-24(28)15-26-12-17-6-18(13-26)8-19(7-17)14-26/h16-22H,4-15H2,1-3H3. The van der Waals surface area contributed by atoms with Gasteiger partial charge in [0.05, 0.1) is 12.8 Å². The van der Waals surface area contributed by atoms with Crippen LogP contribution in [0, 0.1) is 40.9 Å². The maximum Gasteiger partial charge on any atom is 0.310 e. The Hall–Kier alpha value is -1.06. The first-order valence-electron chi connectivity index (χ1n) is 12.6. The molecule has 6 rings (SSSR count). The van der Waals surface area contributed by atoms with Crippen LogP contribution >= 0.6 is 0 Å². The summed E-state index contributed by atoms with van der Waals surface area (Å²) in [7, 11) is 0. The van der Waals surface area contributed by atoms with Crippen molar-refractivity contribution in [2.75, 3.05) is 0 Å². The van der Waals surface area contributed by atoms with Gasteiger partial charge >= 0.3 is 11.9 Å². The molecule has 30 heavy (non-hydrogen) atoms. The number of fused-ring (bicyclic) bond motifs is 2. The number of rotatable bonds is 6. The quantitative estimate of drug-likeness (QED) is 0.523. The molecule has 4 unspecified atom stereocenters. The number of hydrogen-bond donors (Lipinski definition) is 0. The Balaban J connectivity index is 1.25. The zero-order valence-electron chi connectivity index (χ0n) is 19.2. The Bertz CT molecular complexity index is 654. The molecule has 0 amide bonds. The number of ether oxygens (including phenoxy) is 2. The predicted molar refractivity (Wildman–Crippen MR) is 115 cm³/mol. The molecule has 0 aromatic carbocycles. The average molecular weight is 417 g/mol. The fourth-order valence-corrected chi connectivity index (χ4v) is 8.60. The van der Waals surface area contributed by atoms with Crippen LogP contribution in [0.25, 0.3) is 0 Å². The highest BCUT2D eigenvalue weighted by Crippen LogP contribution is 2.61. The second-order valence-electron chi connectivity index (χ2n) is 12.8. The van der Waals surface area contributed by atoms with E-state index in [4.69, 9.17) is 9.47 Å². The molecular formula is C26H40O4. The summed E-state index contributed by atoms with van der Waals surface area (Å²) < 4.78 is 11.8. The van der Waals surface area contributed by atoms with Crippen LogP contribution in [0.2, 0.25) is 0 Å². The molecule has 4 atom stereocenters. The van der Waals surface area contributed by atoms with E-state index in [1.54, 1.807) is 0 Å². The molecule has 6 aliphatic carbocycles. The van der Waals surface area contributed by atoms with Crippen LogP contribution in [0.4, 0.5) is 0 Å². The third kappa shape index (κ3) is 4.30. The maximum absolute atomic E-state index is 13.2. The predicted octanol–water partition coefficient (Wildman–Crippen LogP) is 5.67. The lowest BCUT2D eigenvalue weighted by molar-refractivity contribution is -0.168. The summed E-state index contributed by atoms with van der Waals surface area (Å²) in [6, 6.07) is 0. The molecule has 0 aromatic heterocycles. The summed E-state index contributed by atoms with van der Waals surface area (Å²) in [5.74, 6) is 3.98. The van der Waals surface area contributed by atoms with Gasteiger partial charge in [-0.15, -0.1) is 0 Å². The number of hydrogen-bond acceptors (Lipinski definition) is 4. The second-order valence-corrected chi connectivity index (χ2v) is 12.8. The van der Waals surface area contributed by atoms with Crippen molar-refractivity contribution in [2.24, 2.45) is 40.9 Å². The van der Waals surface area contributed by atoms with Crippen LogP contribution in [-0.4, -0.2) is 23.6 Å². The molecule has 168 valence electrons. The first kappa shape index (κ1) is 20.8. The van der Waals surface area contributed by atoms with Crippen LogP contribution in [0.1, 0.15) is 97.8 Å². The third-order valence-electron chi connectivity index (χ3n) is 9.03. The van der Waals surface area contributed by atoms with Crippen LogP contribution in [0.15, 0.2) is 0 Å². The van der Waals surface area contributed by atoms with E-state index in [-0.39, 0.29) is 29.9 Å². The Labute approximate surface area is 181 Å². The Morgan fingerprint density at radius 3 is 2.00 bits per heavy atom. The van der Waals surface area contributed by atoms with Crippen molar-refractivity contribution in [3.63, 3.8) is 0 Å². The van der Waals surface area contributed by atoms with Gasteiger partial charge in [0, 0.05) is 0 Å². The maximum atomic E-state index is 13.2. The lowest BCUT2D eigenvalue weighted by Crippen LogP contribution is -2.47. The summed E-state index contributed by atoms with van der Waals surface area (Å²) in [4.78, 5) is 25.8. The molecule has 0 radical (unpaired) electrons. The summed E-state index contributed by atoms with van der Waals surface area (Å²) in [5.41, 5.74) is -0.309. The monoisotopic (exact) mass is 416 g/mol. The van der Waals surface area contributed by atoms with Crippen molar-refractivity contribution in [1.29, 1.82) is 0 Å². The molecular weight excluding hydrogens is 376 g/mol. The lowest BCUT2D eigenvalue weighted by atomic mass is 9.49. The van der Waals surface area contributed by atoms with Gasteiger partial charge in [-0.25, -0.2) is 0 Å². The fourth-order valence-electron chi connectivity index (χ4n) is 8.60. The lowest BCUT2D eigenvalue weighted by Gasteiger charge is -2.56. The number of carbonyl (C=O) groups excluding carboxylic acids is 2. The Kier molecular flexibility index (Phi) is 5.22. The van der Waals surface area contributed by atoms with Gasteiger partial charge in [0.15, 0.2) is 0 Å². The van der Waals surface area contributed by atoms with E-state index in [1.807, 2.05) is 20.8 Å². The van der Waals surface area contributed by atoms with Crippen LogP contribution in [0.5, 0.6) is 0 Å². The first-order valence-corrected chi connectivity index (χ1v) is 12.6.